The summed E-state index contributed by atoms with van der Waals surface area (Å²) in [4.78, 5) is 14.9. The lowest BCUT2D eigenvalue weighted by Crippen LogP contribution is -2.14. The van der Waals surface area contributed by atoms with Crippen LogP contribution in [0.15, 0.2) is 23.4 Å². The molecular formula is C10H12FNO2S. The highest BCUT2D eigenvalue weighted by molar-refractivity contribution is 7.99. The molecule has 3 nitrogen and oxygen atoms in total. The second-order valence-corrected chi connectivity index (χ2v) is 4.03. The molecular weight excluding hydrogens is 217 g/mol. The third-order valence-corrected chi connectivity index (χ3v) is 3.04. The SMILES string of the molecule is COC(=O)C(C)CSc1ncccc1F. The molecule has 1 atom stereocenters. The molecule has 0 bridgehead atoms. The molecule has 0 amide bonds. The van der Waals surface area contributed by atoms with E-state index in [9.17, 15) is 9.18 Å². The van der Waals surface area contributed by atoms with Gasteiger partial charge in [0, 0.05) is 11.9 Å². The number of nitrogens with zero attached hydrogens (tertiary/aromatic N) is 1. The predicted molar refractivity (Wildman–Crippen MR) is 56.1 cm³/mol. The molecule has 5 heteroatoms. The highest BCUT2D eigenvalue weighted by atomic mass is 32.2. The first kappa shape index (κ1) is 12.0. The molecule has 1 aromatic heterocycles. The van der Waals surface area contributed by atoms with Crippen LogP contribution in [-0.2, 0) is 9.53 Å². The Hall–Kier alpha value is -1.10. The van der Waals surface area contributed by atoms with Crippen molar-refractivity contribution in [2.45, 2.75) is 11.9 Å². The standard InChI is InChI=1S/C10H12FNO2S/c1-7(10(13)14-2)6-15-9-8(11)4-3-5-12-9/h3-5,7H,6H2,1-2H3. The molecule has 82 valence electrons. The van der Waals surface area contributed by atoms with E-state index in [1.165, 1.54) is 37.2 Å². The molecule has 1 rings (SSSR count). The fourth-order valence-electron chi connectivity index (χ4n) is 0.951. The topological polar surface area (TPSA) is 39.2 Å². The van der Waals surface area contributed by atoms with Crippen molar-refractivity contribution >= 4 is 17.7 Å². The van der Waals surface area contributed by atoms with Crippen LogP contribution in [0.2, 0.25) is 0 Å². The third kappa shape index (κ3) is 3.51. The Morgan fingerprint density at radius 1 is 1.73 bits per heavy atom. The number of thioether (sulfide) groups is 1. The number of esters is 1. The lowest BCUT2D eigenvalue weighted by atomic mass is 10.2. The Morgan fingerprint density at radius 2 is 2.47 bits per heavy atom. The number of halogens is 1. The third-order valence-electron chi connectivity index (χ3n) is 1.80. The number of hydrogen-bond donors (Lipinski definition) is 0. The van der Waals surface area contributed by atoms with Crippen LogP contribution in [0.4, 0.5) is 4.39 Å². The maximum absolute atomic E-state index is 13.1. The summed E-state index contributed by atoms with van der Waals surface area (Å²) < 4.78 is 17.7. The van der Waals surface area contributed by atoms with Crippen molar-refractivity contribution in [1.82, 2.24) is 4.98 Å². The van der Waals surface area contributed by atoms with Crippen LogP contribution >= 0.6 is 11.8 Å². The van der Waals surface area contributed by atoms with Gasteiger partial charge in [-0.15, -0.1) is 11.8 Å². The molecule has 0 aromatic carbocycles. The van der Waals surface area contributed by atoms with Crippen molar-refractivity contribution < 1.29 is 13.9 Å². The van der Waals surface area contributed by atoms with Gasteiger partial charge in [-0.1, -0.05) is 6.92 Å². The van der Waals surface area contributed by atoms with Crippen molar-refractivity contribution in [3.63, 3.8) is 0 Å². The molecule has 0 saturated heterocycles. The van der Waals surface area contributed by atoms with E-state index in [1.807, 2.05) is 0 Å². The fourth-order valence-corrected chi connectivity index (χ4v) is 1.84. The van der Waals surface area contributed by atoms with Gasteiger partial charge in [0.05, 0.1) is 13.0 Å². The molecule has 0 saturated carbocycles. The van der Waals surface area contributed by atoms with Crippen LogP contribution in [-0.4, -0.2) is 23.8 Å². The minimum absolute atomic E-state index is 0.263. The van der Waals surface area contributed by atoms with E-state index in [-0.39, 0.29) is 17.7 Å². The van der Waals surface area contributed by atoms with E-state index < -0.39 is 0 Å². The molecule has 0 fully saturated rings. The number of hydrogen-bond acceptors (Lipinski definition) is 4. The molecule has 0 aliphatic rings. The summed E-state index contributed by atoms with van der Waals surface area (Å²) >= 11 is 1.21. The Bertz CT molecular complexity index is 346. The van der Waals surface area contributed by atoms with Crippen molar-refractivity contribution in [3.05, 3.63) is 24.1 Å². The zero-order chi connectivity index (χ0) is 11.3. The van der Waals surface area contributed by atoms with Crippen LogP contribution in [0.3, 0.4) is 0 Å². The van der Waals surface area contributed by atoms with Crippen molar-refractivity contribution in [2.24, 2.45) is 5.92 Å². The molecule has 1 aromatic rings. The van der Waals surface area contributed by atoms with Gasteiger partial charge in [0.25, 0.3) is 0 Å². The zero-order valence-corrected chi connectivity index (χ0v) is 9.38. The molecule has 0 aliphatic carbocycles. The maximum Gasteiger partial charge on any atom is 0.309 e. The van der Waals surface area contributed by atoms with E-state index in [2.05, 4.69) is 9.72 Å². The summed E-state index contributed by atoms with van der Waals surface area (Å²) in [5, 5.41) is 0.313. The van der Waals surface area contributed by atoms with Crippen molar-refractivity contribution in [3.8, 4) is 0 Å². The van der Waals surface area contributed by atoms with Gasteiger partial charge in [-0.05, 0) is 12.1 Å². The van der Waals surface area contributed by atoms with Gasteiger partial charge in [-0.3, -0.25) is 4.79 Å². The number of pyridine rings is 1. The summed E-state index contributed by atoms with van der Waals surface area (Å²) in [7, 11) is 1.34. The summed E-state index contributed by atoms with van der Waals surface area (Å²) in [6.07, 6.45) is 1.52. The second kappa shape index (κ2) is 5.70. The van der Waals surface area contributed by atoms with E-state index in [1.54, 1.807) is 6.92 Å². The molecule has 0 spiro atoms. The summed E-state index contributed by atoms with van der Waals surface area (Å²) in [5.74, 6) is -0.458. The average Bonchev–Trinajstić information content (AvgIpc) is 2.26. The monoisotopic (exact) mass is 229 g/mol. The molecule has 0 N–H and O–H groups in total. The van der Waals surface area contributed by atoms with Crippen molar-refractivity contribution in [2.75, 3.05) is 12.9 Å². The van der Waals surface area contributed by atoms with Crippen LogP contribution < -0.4 is 0 Å². The molecule has 1 heterocycles. The average molecular weight is 229 g/mol. The number of carbonyl (C=O) groups is 1. The van der Waals surface area contributed by atoms with Crippen LogP contribution in [0.25, 0.3) is 0 Å². The number of methoxy groups -OCH3 is 1. The number of aromatic nitrogens is 1. The lowest BCUT2D eigenvalue weighted by molar-refractivity contribution is -0.143. The Labute approximate surface area is 92.0 Å². The smallest absolute Gasteiger partial charge is 0.309 e. The second-order valence-electron chi connectivity index (χ2n) is 3.03. The number of carbonyl (C=O) groups excluding carboxylic acids is 1. The van der Waals surface area contributed by atoms with Crippen LogP contribution in [0.1, 0.15) is 6.92 Å². The van der Waals surface area contributed by atoms with Gasteiger partial charge >= 0.3 is 5.97 Å². The van der Waals surface area contributed by atoms with E-state index in [0.29, 0.717) is 10.8 Å². The lowest BCUT2D eigenvalue weighted by Gasteiger charge is -2.07. The Kier molecular flexibility index (Phi) is 4.55. The van der Waals surface area contributed by atoms with Crippen LogP contribution in [0.5, 0.6) is 0 Å². The molecule has 0 aliphatic heterocycles. The van der Waals surface area contributed by atoms with Gasteiger partial charge in [0.2, 0.25) is 0 Å². The highest BCUT2D eigenvalue weighted by Crippen LogP contribution is 2.21. The van der Waals surface area contributed by atoms with Gasteiger partial charge in [-0.2, -0.15) is 0 Å². The molecule has 1 unspecified atom stereocenters. The number of ether oxygens (including phenoxy) is 1. The Balaban J connectivity index is 2.50. The summed E-state index contributed by atoms with van der Waals surface area (Å²) in [6.45, 7) is 1.74. The Morgan fingerprint density at radius 3 is 3.07 bits per heavy atom. The zero-order valence-electron chi connectivity index (χ0n) is 8.57. The van der Waals surface area contributed by atoms with Crippen LogP contribution in [0, 0.1) is 11.7 Å². The molecule has 15 heavy (non-hydrogen) atoms. The minimum Gasteiger partial charge on any atom is -0.469 e. The van der Waals surface area contributed by atoms with E-state index in [4.69, 9.17) is 0 Å². The minimum atomic E-state index is -0.362. The summed E-state index contributed by atoms with van der Waals surface area (Å²) in [6, 6.07) is 2.88. The van der Waals surface area contributed by atoms with Gasteiger partial charge < -0.3 is 4.74 Å². The fraction of sp³-hybridized carbons (Fsp3) is 0.400. The van der Waals surface area contributed by atoms with Gasteiger partial charge in [0.15, 0.2) is 5.82 Å². The quantitative estimate of drug-likeness (QED) is 0.585. The largest absolute Gasteiger partial charge is 0.469 e. The predicted octanol–water partition coefficient (Wildman–Crippen LogP) is 2.12. The normalized spacial score (nSPS) is 12.2. The first-order valence-corrected chi connectivity index (χ1v) is 5.45. The molecule has 0 radical (unpaired) electrons. The van der Waals surface area contributed by atoms with Crippen molar-refractivity contribution in [1.29, 1.82) is 0 Å². The van der Waals surface area contributed by atoms with E-state index >= 15 is 0 Å². The highest BCUT2D eigenvalue weighted by Gasteiger charge is 2.14. The summed E-state index contributed by atoms with van der Waals surface area (Å²) in [5.41, 5.74) is 0. The van der Waals surface area contributed by atoms with E-state index in [0.717, 1.165) is 0 Å². The van der Waals surface area contributed by atoms with Gasteiger partial charge in [0.1, 0.15) is 5.03 Å². The first-order valence-electron chi connectivity index (χ1n) is 4.46. The van der Waals surface area contributed by atoms with Gasteiger partial charge in [-0.25, -0.2) is 9.37 Å². The first-order chi connectivity index (χ1) is 7.15. The number of rotatable bonds is 4. The maximum atomic E-state index is 13.1.